The van der Waals surface area contributed by atoms with Crippen LogP contribution in [-0.2, 0) is 0 Å². The van der Waals surface area contributed by atoms with Gasteiger partial charge in [0.2, 0.25) is 5.95 Å². The second-order valence-electron chi connectivity index (χ2n) is 2.64. The Labute approximate surface area is 73.0 Å². The minimum Gasteiger partial charge on any atom is -0.293 e. The Morgan fingerprint density at radius 1 is 1.62 bits per heavy atom. The molecule has 2 aromatic rings. The van der Waals surface area contributed by atoms with Crippen molar-refractivity contribution in [2.24, 2.45) is 0 Å². The number of Topliss-reactive ketones (excluding diaryl/α,β-unsaturated/α-hetero) is 1. The SMILES string of the molecule is CC(=O)c1ccn2nc(F)cc2n1. The van der Waals surface area contributed by atoms with E-state index in [9.17, 15) is 9.18 Å². The molecule has 0 amide bonds. The van der Waals surface area contributed by atoms with Gasteiger partial charge in [0, 0.05) is 19.2 Å². The molecule has 13 heavy (non-hydrogen) atoms. The first-order valence-electron chi connectivity index (χ1n) is 3.70. The Kier molecular flexibility index (Phi) is 1.58. The Hall–Kier alpha value is -1.78. The molecule has 0 radical (unpaired) electrons. The van der Waals surface area contributed by atoms with Crippen LogP contribution in [0.3, 0.4) is 0 Å². The first-order chi connectivity index (χ1) is 6.16. The van der Waals surface area contributed by atoms with Crippen LogP contribution in [0.15, 0.2) is 18.3 Å². The van der Waals surface area contributed by atoms with E-state index in [2.05, 4.69) is 10.1 Å². The van der Waals surface area contributed by atoms with Crippen LogP contribution in [-0.4, -0.2) is 20.4 Å². The third-order valence-corrected chi connectivity index (χ3v) is 1.66. The molecule has 4 nitrogen and oxygen atoms in total. The first kappa shape index (κ1) is 7.85. The van der Waals surface area contributed by atoms with Crippen molar-refractivity contribution in [3.05, 3.63) is 30.0 Å². The molecular weight excluding hydrogens is 173 g/mol. The lowest BCUT2D eigenvalue weighted by atomic mass is 10.3. The van der Waals surface area contributed by atoms with Crippen LogP contribution in [0.1, 0.15) is 17.4 Å². The number of halogens is 1. The number of ketones is 1. The third kappa shape index (κ3) is 1.28. The lowest BCUT2D eigenvalue weighted by Gasteiger charge is -1.94. The molecule has 0 saturated carbocycles. The van der Waals surface area contributed by atoms with Crippen molar-refractivity contribution in [1.82, 2.24) is 14.6 Å². The Morgan fingerprint density at radius 2 is 2.38 bits per heavy atom. The molecule has 0 aliphatic rings. The highest BCUT2D eigenvalue weighted by molar-refractivity contribution is 5.92. The van der Waals surface area contributed by atoms with Gasteiger partial charge in [-0.25, -0.2) is 9.50 Å². The Morgan fingerprint density at radius 3 is 3.08 bits per heavy atom. The molecule has 66 valence electrons. The van der Waals surface area contributed by atoms with Crippen molar-refractivity contribution in [3.63, 3.8) is 0 Å². The molecule has 0 aliphatic heterocycles. The van der Waals surface area contributed by atoms with Gasteiger partial charge in [-0.2, -0.15) is 4.39 Å². The molecule has 5 heteroatoms. The summed E-state index contributed by atoms with van der Waals surface area (Å²) in [6.07, 6.45) is 1.50. The van der Waals surface area contributed by atoms with Crippen LogP contribution in [0.5, 0.6) is 0 Å². The molecule has 0 bridgehead atoms. The summed E-state index contributed by atoms with van der Waals surface area (Å²) in [6, 6.07) is 2.67. The quantitative estimate of drug-likeness (QED) is 0.615. The highest BCUT2D eigenvalue weighted by Gasteiger charge is 2.05. The van der Waals surface area contributed by atoms with E-state index >= 15 is 0 Å². The summed E-state index contributed by atoms with van der Waals surface area (Å²) in [7, 11) is 0. The van der Waals surface area contributed by atoms with E-state index in [4.69, 9.17) is 0 Å². The van der Waals surface area contributed by atoms with Gasteiger partial charge in [-0.15, -0.1) is 5.10 Å². The molecular formula is C8H6FN3O. The van der Waals surface area contributed by atoms with Crippen LogP contribution >= 0.6 is 0 Å². The summed E-state index contributed by atoms with van der Waals surface area (Å²) >= 11 is 0. The standard InChI is InChI=1S/C8H6FN3O/c1-5(13)6-2-3-12-8(10-6)4-7(9)11-12/h2-4H,1H3. The van der Waals surface area contributed by atoms with E-state index in [-0.39, 0.29) is 5.78 Å². The molecule has 0 aromatic carbocycles. The maximum Gasteiger partial charge on any atom is 0.235 e. The zero-order chi connectivity index (χ0) is 9.42. The molecule has 0 atom stereocenters. The highest BCUT2D eigenvalue weighted by Crippen LogP contribution is 2.04. The van der Waals surface area contributed by atoms with Gasteiger partial charge < -0.3 is 0 Å². The fourth-order valence-electron chi connectivity index (χ4n) is 1.05. The normalized spacial score (nSPS) is 10.6. The van der Waals surface area contributed by atoms with Crippen LogP contribution in [0.25, 0.3) is 5.65 Å². The second-order valence-corrected chi connectivity index (χ2v) is 2.64. The number of carbonyl (C=O) groups is 1. The first-order valence-corrected chi connectivity index (χ1v) is 3.70. The van der Waals surface area contributed by atoms with E-state index in [0.29, 0.717) is 11.3 Å². The van der Waals surface area contributed by atoms with Crippen molar-refractivity contribution in [1.29, 1.82) is 0 Å². The molecule has 0 fully saturated rings. The van der Waals surface area contributed by atoms with Crippen LogP contribution in [0, 0.1) is 5.95 Å². The average Bonchev–Trinajstić information content (AvgIpc) is 2.42. The van der Waals surface area contributed by atoms with Gasteiger partial charge in [0.05, 0.1) is 0 Å². The van der Waals surface area contributed by atoms with Crippen molar-refractivity contribution < 1.29 is 9.18 Å². The Bertz CT molecular complexity index is 477. The number of aromatic nitrogens is 3. The molecule has 2 rings (SSSR count). The van der Waals surface area contributed by atoms with E-state index < -0.39 is 5.95 Å². The van der Waals surface area contributed by atoms with Crippen LogP contribution in [0.2, 0.25) is 0 Å². The summed E-state index contributed by atoms with van der Waals surface area (Å²) in [5, 5.41) is 3.49. The summed E-state index contributed by atoms with van der Waals surface area (Å²) < 4.78 is 13.9. The van der Waals surface area contributed by atoms with Gasteiger partial charge in [0.15, 0.2) is 11.4 Å². The molecule has 0 unspecified atom stereocenters. The fourth-order valence-corrected chi connectivity index (χ4v) is 1.05. The number of hydrogen-bond acceptors (Lipinski definition) is 3. The van der Waals surface area contributed by atoms with E-state index in [1.54, 1.807) is 0 Å². The third-order valence-electron chi connectivity index (χ3n) is 1.66. The fraction of sp³-hybridized carbons (Fsp3) is 0.125. The predicted octanol–water partition coefficient (Wildman–Crippen LogP) is 1.07. The van der Waals surface area contributed by atoms with Crippen molar-refractivity contribution in [2.75, 3.05) is 0 Å². The lowest BCUT2D eigenvalue weighted by molar-refractivity contribution is 0.101. The molecule has 0 spiro atoms. The van der Waals surface area contributed by atoms with Gasteiger partial charge in [-0.1, -0.05) is 0 Å². The van der Waals surface area contributed by atoms with Crippen LogP contribution in [0.4, 0.5) is 4.39 Å². The van der Waals surface area contributed by atoms with Crippen LogP contribution < -0.4 is 0 Å². The summed E-state index contributed by atoms with van der Waals surface area (Å²) in [6.45, 7) is 1.41. The van der Waals surface area contributed by atoms with E-state index in [0.717, 1.165) is 0 Å². The smallest absolute Gasteiger partial charge is 0.235 e. The van der Waals surface area contributed by atoms with E-state index in [1.807, 2.05) is 0 Å². The number of hydrogen-bond donors (Lipinski definition) is 0. The zero-order valence-electron chi connectivity index (χ0n) is 6.86. The number of fused-ring (bicyclic) bond motifs is 1. The minimum atomic E-state index is -0.604. The Balaban J connectivity index is 2.67. The topological polar surface area (TPSA) is 47.3 Å². The van der Waals surface area contributed by atoms with E-state index in [1.165, 1.54) is 29.8 Å². The summed E-state index contributed by atoms with van der Waals surface area (Å²) in [5.74, 6) is -0.752. The zero-order valence-corrected chi connectivity index (χ0v) is 6.86. The second kappa shape index (κ2) is 2.62. The van der Waals surface area contributed by atoms with Gasteiger partial charge >= 0.3 is 0 Å². The lowest BCUT2D eigenvalue weighted by Crippen LogP contribution is -1.99. The highest BCUT2D eigenvalue weighted by atomic mass is 19.1. The molecule has 0 saturated heterocycles. The van der Waals surface area contributed by atoms with Gasteiger partial charge in [0.25, 0.3) is 0 Å². The summed E-state index contributed by atoms with van der Waals surface area (Å²) in [4.78, 5) is 14.8. The maximum absolute atomic E-state index is 12.6. The molecule has 2 heterocycles. The number of nitrogens with zero attached hydrogens (tertiary/aromatic N) is 3. The minimum absolute atomic E-state index is 0.149. The average molecular weight is 179 g/mol. The number of rotatable bonds is 1. The van der Waals surface area contributed by atoms with Gasteiger partial charge in [-0.05, 0) is 6.07 Å². The molecule has 0 aliphatic carbocycles. The van der Waals surface area contributed by atoms with Crippen molar-refractivity contribution >= 4 is 11.4 Å². The largest absolute Gasteiger partial charge is 0.293 e. The number of carbonyl (C=O) groups excluding carboxylic acids is 1. The van der Waals surface area contributed by atoms with Gasteiger partial charge in [-0.3, -0.25) is 4.79 Å². The molecule has 0 N–H and O–H groups in total. The summed E-state index contributed by atoms with van der Waals surface area (Å²) in [5.41, 5.74) is 0.651. The van der Waals surface area contributed by atoms with Gasteiger partial charge in [0.1, 0.15) is 5.69 Å². The monoisotopic (exact) mass is 179 g/mol. The van der Waals surface area contributed by atoms with Crippen molar-refractivity contribution in [3.8, 4) is 0 Å². The predicted molar refractivity (Wildman–Crippen MR) is 42.9 cm³/mol. The van der Waals surface area contributed by atoms with Crippen molar-refractivity contribution in [2.45, 2.75) is 6.92 Å². The maximum atomic E-state index is 12.6. The molecule has 2 aromatic heterocycles.